The standard InChI is InChI=1S/C21H30N2O4/c1-20(2,3)27-19(25)22-13-21(4,14-9-10-14)23-18(24)16-11-12-26-17-8-6-5-7-15(16)17/h5-8,14,16H,9-13H2,1-4H3,(H,22,25)(H,23,24). The molecule has 2 unspecified atom stereocenters. The highest BCUT2D eigenvalue weighted by Gasteiger charge is 2.44. The van der Waals surface area contributed by atoms with Gasteiger partial charge in [-0.1, -0.05) is 18.2 Å². The number of rotatable bonds is 5. The van der Waals surface area contributed by atoms with E-state index in [1.54, 1.807) is 0 Å². The fraction of sp³-hybridized carbons (Fsp3) is 0.619. The van der Waals surface area contributed by atoms with Gasteiger partial charge >= 0.3 is 6.09 Å². The van der Waals surface area contributed by atoms with Crippen molar-refractivity contribution in [1.82, 2.24) is 10.6 Å². The van der Waals surface area contributed by atoms with Crippen LogP contribution in [0.2, 0.25) is 0 Å². The fourth-order valence-corrected chi connectivity index (χ4v) is 3.56. The minimum Gasteiger partial charge on any atom is -0.493 e. The number of fused-ring (bicyclic) bond motifs is 1. The van der Waals surface area contributed by atoms with Gasteiger partial charge in [0.05, 0.1) is 18.1 Å². The van der Waals surface area contributed by atoms with E-state index in [9.17, 15) is 9.59 Å². The number of carbonyl (C=O) groups is 2. The Hall–Kier alpha value is -2.24. The quantitative estimate of drug-likeness (QED) is 0.828. The van der Waals surface area contributed by atoms with Crippen LogP contribution in [-0.4, -0.2) is 36.3 Å². The van der Waals surface area contributed by atoms with Gasteiger partial charge in [-0.25, -0.2) is 4.79 Å². The molecule has 1 fully saturated rings. The Kier molecular flexibility index (Phi) is 5.36. The van der Waals surface area contributed by atoms with Crippen LogP contribution in [-0.2, 0) is 9.53 Å². The zero-order valence-corrected chi connectivity index (χ0v) is 16.6. The van der Waals surface area contributed by atoms with E-state index in [2.05, 4.69) is 10.6 Å². The summed E-state index contributed by atoms with van der Waals surface area (Å²) in [6.45, 7) is 8.38. The topological polar surface area (TPSA) is 76.7 Å². The van der Waals surface area contributed by atoms with Crippen molar-refractivity contribution in [2.45, 2.75) is 64.0 Å². The molecule has 1 aromatic rings. The summed E-state index contributed by atoms with van der Waals surface area (Å²) in [7, 11) is 0. The van der Waals surface area contributed by atoms with Crippen LogP contribution in [0, 0.1) is 5.92 Å². The van der Waals surface area contributed by atoms with Crippen LogP contribution in [0.5, 0.6) is 5.75 Å². The summed E-state index contributed by atoms with van der Waals surface area (Å²) in [5.41, 5.74) is -0.101. The maximum Gasteiger partial charge on any atom is 0.407 e. The Bertz CT molecular complexity index is 708. The van der Waals surface area contributed by atoms with E-state index in [4.69, 9.17) is 9.47 Å². The highest BCUT2D eigenvalue weighted by molar-refractivity contribution is 5.85. The van der Waals surface area contributed by atoms with Gasteiger partial charge < -0.3 is 20.1 Å². The SMILES string of the molecule is CC(C)(C)OC(=O)NCC(C)(NC(=O)C1CCOc2ccccc21)C1CC1. The molecule has 1 saturated carbocycles. The predicted octanol–water partition coefficient (Wildman–Crippen LogP) is 3.36. The molecule has 1 aliphatic carbocycles. The maximum absolute atomic E-state index is 13.1. The molecular formula is C21H30N2O4. The lowest BCUT2D eigenvalue weighted by atomic mass is 9.89. The summed E-state index contributed by atoms with van der Waals surface area (Å²) in [6, 6.07) is 7.70. The molecule has 148 valence electrons. The molecule has 2 atom stereocenters. The van der Waals surface area contributed by atoms with Crippen LogP contribution in [0.3, 0.4) is 0 Å². The molecule has 1 aromatic carbocycles. The van der Waals surface area contributed by atoms with Gasteiger partial charge in [0.15, 0.2) is 0 Å². The minimum absolute atomic E-state index is 0.00820. The third kappa shape index (κ3) is 4.93. The Labute approximate surface area is 161 Å². The van der Waals surface area contributed by atoms with Crippen molar-refractivity contribution in [3.8, 4) is 5.75 Å². The molecule has 2 amide bonds. The van der Waals surface area contributed by atoms with E-state index in [-0.39, 0.29) is 11.8 Å². The second kappa shape index (κ2) is 7.41. The number of nitrogens with one attached hydrogen (secondary N) is 2. The van der Waals surface area contributed by atoms with E-state index >= 15 is 0 Å². The highest BCUT2D eigenvalue weighted by Crippen LogP contribution is 2.40. The van der Waals surface area contributed by atoms with Gasteiger partial charge in [0.25, 0.3) is 0 Å². The largest absolute Gasteiger partial charge is 0.493 e. The van der Waals surface area contributed by atoms with Crippen LogP contribution in [0.4, 0.5) is 4.79 Å². The Morgan fingerprint density at radius 3 is 2.52 bits per heavy atom. The Morgan fingerprint density at radius 1 is 1.15 bits per heavy atom. The van der Waals surface area contributed by atoms with E-state index in [0.717, 1.165) is 24.2 Å². The monoisotopic (exact) mass is 374 g/mol. The van der Waals surface area contributed by atoms with Crippen molar-refractivity contribution < 1.29 is 19.1 Å². The molecule has 1 aliphatic heterocycles. The summed E-state index contributed by atoms with van der Waals surface area (Å²) in [5.74, 6) is 0.913. The molecule has 1 heterocycles. The molecular weight excluding hydrogens is 344 g/mol. The lowest BCUT2D eigenvalue weighted by molar-refractivity contribution is -0.125. The number of amides is 2. The van der Waals surface area contributed by atoms with Gasteiger partial charge in [-0.15, -0.1) is 0 Å². The van der Waals surface area contributed by atoms with Gasteiger partial charge in [0.1, 0.15) is 11.4 Å². The smallest absolute Gasteiger partial charge is 0.407 e. The number of carbonyl (C=O) groups excluding carboxylic acids is 2. The second-order valence-electron chi connectivity index (χ2n) is 8.76. The summed E-state index contributed by atoms with van der Waals surface area (Å²) in [5, 5.41) is 6.05. The third-order valence-corrected chi connectivity index (χ3v) is 5.16. The van der Waals surface area contributed by atoms with Crippen LogP contribution < -0.4 is 15.4 Å². The molecule has 2 aliphatic rings. The van der Waals surface area contributed by atoms with Crippen LogP contribution in [0.25, 0.3) is 0 Å². The number of ether oxygens (including phenoxy) is 2. The highest BCUT2D eigenvalue weighted by atomic mass is 16.6. The summed E-state index contributed by atoms with van der Waals surface area (Å²) in [4.78, 5) is 25.1. The van der Waals surface area contributed by atoms with Crippen molar-refractivity contribution in [1.29, 1.82) is 0 Å². The lowest BCUT2D eigenvalue weighted by Gasteiger charge is -2.34. The Balaban J connectivity index is 1.66. The first-order valence-electron chi connectivity index (χ1n) is 9.68. The van der Waals surface area contributed by atoms with Crippen LogP contribution >= 0.6 is 0 Å². The fourth-order valence-electron chi connectivity index (χ4n) is 3.56. The summed E-state index contributed by atoms with van der Waals surface area (Å²) in [6.07, 6.45) is 2.30. The Morgan fingerprint density at radius 2 is 1.85 bits per heavy atom. The molecule has 6 nitrogen and oxygen atoms in total. The zero-order chi connectivity index (χ0) is 19.7. The van der Waals surface area contributed by atoms with E-state index in [1.165, 1.54) is 0 Å². The van der Waals surface area contributed by atoms with Gasteiger partial charge in [-0.3, -0.25) is 4.79 Å². The molecule has 3 rings (SSSR count). The zero-order valence-electron chi connectivity index (χ0n) is 16.6. The number of benzene rings is 1. The first-order chi connectivity index (χ1) is 12.7. The number of para-hydroxylation sites is 1. The van der Waals surface area contributed by atoms with Crippen molar-refractivity contribution in [3.63, 3.8) is 0 Å². The van der Waals surface area contributed by atoms with E-state index < -0.39 is 17.2 Å². The molecule has 0 saturated heterocycles. The molecule has 2 N–H and O–H groups in total. The summed E-state index contributed by atoms with van der Waals surface area (Å²) >= 11 is 0. The van der Waals surface area contributed by atoms with Crippen LogP contribution in [0.1, 0.15) is 58.4 Å². The van der Waals surface area contributed by atoms with E-state index in [0.29, 0.717) is 25.5 Å². The average Bonchev–Trinajstić information content (AvgIpc) is 3.43. The van der Waals surface area contributed by atoms with Gasteiger partial charge in [-0.05, 0) is 58.9 Å². The lowest BCUT2D eigenvalue weighted by Crippen LogP contribution is -2.56. The third-order valence-electron chi connectivity index (χ3n) is 5.16. The maximum atomic E-state index is 13.1. The van der Waals surface area contributed by atoms with Crippen LogP contribution in [0.15, 0.2) is 24.3 Å². The number of hydrogen-bond acceptors (Lipinski definition) is 4. The predicted molar refractivity (Wildman–Crippen MR) is 103 cm³/mol. The van der Waals surface area contributed by atoms with Crippen molar-refractivity contribution in [3.05, 3.63) is 29.8 Å². The molecule has 0 radical (unpaired) electrons. The van der Waals surface area contributed by atoms with Crippen molar-refractivity contribution in [2.24, 2.45) is 5.92 Å². The summed E-state index contributed by atoms with van der Waals surface area (Å²) < 4.78 is 11.0. The first-order valence-corrected chi connectivity index (χ1v) is 9.68. The van der Waals surface area contributed by atoms with Crippen molar-refractivity contribution >= 4 is 12.0 Å². The van der Waals surface area contributed by atoms with Gasteiger partial charge in [0.2, 0.25) is 5.91 Å². The molecule has 0 bridgehead atoms. The average molecular weight is 374 g/mol. The number of alkyl carbamates (subject to hydrolysis) is 1. The molecule has 27 heavy (non-hydrogen) atoms. The first kappa shape index (κ1) is 19.5. The number of hydrogen-bond donors (Lipinski definition) is 2. The molecule has 0 spiro atoms. The van der Waals surface area contributed by atoms with Crippen molar-refractivity contribution in [2.75, 3.05) is 13.2 Å². The normalized spacial score (nSPS) is 21.3. The molecule has 6 heteroatoms. The van der Waals surface area contributed by atoms with Gasteiger partial charge in [0, 0.05) is 12.1 Å². The van der Waals surface area contributed by atoms with E-state index in [1.807, 2.05) is 52.0 Å². The van der Waals surface area contributed by atoms with Gasteiger partial charge in [-0.2, -0.15) is 0 Å². The molecule has 0 aromatic heterocycles. The second-order valence-corrected chi connectivity index (χ2v) is 8.76. The minimum atomic E-state index is -0.547.